The number of nitrogens with zero attached hydrogens (tertiary/aromatic N) is 2. The molecule has 2 amide bonds. The SMILES string of the molecule is Cn1c(=O)n(C2CCC(=O)NC2=O)c2cccc(C34CC(C3)C4)c21. The summed E-state index contributed by atoms with van der Waals surface area (Å²) in [4.78, 5) is 36.6. The molecule has 0 spiro atoms. The molecule has 1 aromatic carbocycles. The molecule has 1 aromatic heterocycles. The van der Waals surface area contributed by atoms with Crippen LogP contribution >= 0.6 is 0 Å². The van der Waals surface area contributed by atoms with Crippen molar-refractivity contribution in [2.24, 2.45) is 13.0 Å². The van der Waals surface area contributed by atoms with Crippen molar-refractivity contribution in [3.8, 4) is 0 Å². The molecule has 6 nitrogen and oxygen atoms in total. The van der Waals surface area contributed by atoms with Gasteiger partial charge in [0.05, 0.1) is 11.0 Å². The van der Waals surface area contributed by atoms with E-state index in [1.54, 1.807) is 16.2 Å². The van der Waals surface area contributed by atoms with E-state index in [1.165, 1.54) is 24.8 Å². The third kappa shape index (κ3) is 1.58. The second kappa shape index (κ2) is 4.37. The van der Waals surface area contributed by atoms with Crippen molar-refractivity contribution < 1.29 is 9.59 Å². The van der Waals surface area contributed by atoms with Gasteiger partial charge in [0.1, 0.15) is 6.04 Å². The molecule has 2 heterocycles. The number of imide groups is 1. The zero-order valence-corrected chi connectivity index (χ0v) is 13.5. The van der Waals surface area contributed by atoms with Crippen molar-refractivity contribution in [3.63, 3.8) is 0 Å². The van der Waals surface area contributed by atoms with Crippen LogP contribution in [0, 0.1) is 5.92 Å². The maximum Gasteiger partial charge on any atom is 0.329 e. The summed E-state index contributed by atoms with van der Waals surface area (Å²) in [7, 11) is 1.78. The first-order valence-corrected chi connectivity index (χ1v) is 8.54. The van der Waals surface area contributed by atoms with Crippen LogP contribution in [-0.2, 0) is 22.1 Å². The Morgan fingerprint density at radius 2 is 1.92 bits per heavy atom. The van der Waals surface area contributed by atoms with Crippen molar-refractivity contribution in [2.45, 2.75) is 43.6 Å². The fourth-order valence-corrected chi connectivity index (χ4v) is 4.90. The highest BCUT2D eigenvalue weighted by Gasteiger charge is 2.58. The lowest BCUT2D eigenvalue weighted by Crippen LogP contribution is -2.55. The first kappa shape index (κ1) is 14.0. The van der Waals surface area contributed by atoms with E-state index in [0.717, 1.165) is 17.0 Å². The average Bonchev–Trinajstić information content (AvgIpc) is 2.70. The van der Waals surface area contributed by atoms with Gasteiger partial charge in [0.15, 0.2) is 0 Å². The Morgan fingerprint density at radius 3 is 2.54 bits per heavy atom. The molecule has 3 aliphatic carbocycles. The number of piperidine rings is 1. The fraction of sp³-hybridized carbons (Fsp3) is 0.500. The van der Waals surface area contributed by atoms with Crippen molar-refractivity contribution in [2.75, 3.05) is 0 Å². The van der Waals surface area contributed by atoms with Crippen LogP contribution in [-0.4, -0.2) is 20.9 Å². The Hall–Kier alpha value is -2.37. The Kier molecular flexibility index (Phi) is 2.55. The molecule has 2 aromatic rings. The number of hydrogen-bond acceptors (Lipinski definition) is 3. The summed E-state index contributed by atoms with van der Waals surface area (Å²) in [6.07, 6.45) is 4.28. The number of nitrogens with one attached hydrogen (secondary N) is 1. The summed E-state index contributed by atoms with van der Waals surface area (Å²) in [5, 5.41) is 2.36. The minimum atomic E-state index is -0.609. The predicted molar refractivity (Wildman–Crippen MR) is 87.6 cm³/mol. The van der Waals surface area contributed by atoms with Crippen LogP contribution in [0.15, 0.2) is 23.0 Å². The maximum absolute atomic E-state index is 12.9. The molecule has 3 saturated carbocycles. The normalized spacial score (nSPS) is 31.5. The van der Waals surface area contributed by atoms with Gasteiger partial charge in [-0.15, -0.1) is 0 Å². The average molecular weight is 325 g/mol. The number of aromatic nitrogens is 2. The smallest absolute Gasteiger partial charge is 0.295 e. The van der Waals surface area contributed by atoms with Crippen LogP contribution in [0.2, 0.25) is 0 Å². The highest BCUT2D eigenvalue weighted by Crippen LogP contribution is 2.65. The van der Waals surface area contributed by atoms with Crippen LogP contribution in [0.4, 0.5) is 0 Å². The number of carbonyl (C=O) groups excluding carboxylic acids is 2. The number of amides is 2. The van der Waals surface area contributed by atoms with E-state index in [1.807, 2.05) is 12.1 Å². The largest absolute Gasteiger partial charge is 0.329 e. The molecule has 2 bridgehead atoms. The summed E-state index contributed by atoms with van der Waals surface area (Å²) in [5.74, 6) is 0.213. The quantitative estimate of drug-likeness (QED) is 0.848. The fourth-order valence-electron chi connectivity index (χ4n) is 4.90. The lowest BCUT2D eigenvalue weighted by molar-refractivity contribution is -0.135. The molecule has 6 rings (SSSR count). The van der Waals surface area contributed by atoms with Crippen molar-refractivity contribution in [1.29, 1.82) is 0 Å². The molecule has 6 heteroatoms. The third-order valence-electron chi connectivity index (χ3n) is 6.23. The molecule has 124 valence electrons. The zero-order chi connectivity index (χ0) is 16.6. The molecular weight excluding hydrogens is 306 g/mol. The Bertz CT molecular complexity index is 951. The summed E-state index contributed by atoms with van der Waals surface area (Å²) in [6.45, 7) is 0. The van der Waals surface area contributed by atoms with E-state index < -0.39 is 6.04 Å². The standard InChI is InChI=1S/C18H19N3O3/c1-20-15-11(18-7-10(8-18)9-18)3-2-4-12(15)21(17(20)24)13-5-6-14(22)19-16(13)23/h2-4,10,13H,5-9H2,1H3,(H,19,22,23). The number of imidazole rings is 1. The lowest BCUT2D eigenvalue weighted by Gasteiger charge is -2.62. The Labute approximate surface area is 138 Å². The molecule has 4 fully saturated rings. The number of hydrogen-bond donors (Lipinski definition) is 1. The number of para-hydroxylation sites is 1. The van der Waals surface area contributed by atoms with Gasteiger partial charge in [0, 0.05) is 13.5 Å². The molecule has 1 unspecified atom stereocenters. The van der Waals surface area contributed by atoms with Crippen LogP contribution in [0.25, 0.3) is 11.0 Å². The number of aryl methyl sites for hydroxylation is 1. The molecule has 1 N–H and O–H groups in total. The molecule has 1 saturated heterocycles. The zero-order valence-electron chi connectivity index (χ0n) is 13.5. The molecule has 4 aliphatic rings. The molecular formula is C18H19N3O3. The van der Waals surface area contributed by atoms with Gasteiger partial charge in [0.25, 0.3) is 0 Å². The predicted octanol–water partition coefficient (Wildman–Crippen LogP) is 1.37. The summed E-state index contributed by atoms with van der Waals surface area (Å²) >= 11 is 0. The Balaban J connectivity index is 1.72. The van der Waals surface area contributed by atoms with E-state index in [0.29, 0.717) is 6.42 Å². The topological polar surface area (TPSA) is 73.1 Å². The third-order valence-corrected chi connectivity index (χ3v) is 6.23. The van der Waals surface area contributed by atoms with Crippen molar-refractivity contribution in [3.05, 3.63) is 34.2 Å². The monoisotopic (exact) mass is 325 g/mol. The Morgan fingerprint density at radius 1 is 1.17 bits per heavy atom. The van der Waals surface area contributed by atoms with Crippen LogP contribution in [0.3, 0.4) is 0 Å². The summed E-state index contributed by atoms with van der Waals surface area (Å²) in [6, 6.07) is 5.42. The van der Waals surface area contributed by atoms with Gasteiger partial charge in [-0.2, -0.15) is 0 Å². The molecule has 24 heavy (non-hydrogen) atoms. The van der Waals surface area contributed by atoms with Crippen LogP contribution in [0.1, 0.15) is 43.7 Å². The number of benzene rings is 1. The number of rotatable bonds is 2. The minimum absolute atomic E-state index is 0.182. The maximum atomic E-state index is 12.9. The van der Waals surface area contributed by atoms with E-state index in [-0.39, 0.29) is 29.3 Å². The first-order valence-electron chi connectivity index (χ1n) is 8.54. The lowest BCUT2D eigenvalue weighted by atomic mass is 9.42. The van der Waals surface area contributed by atoms with Gasteiger partial charge in [-0.25, -0.2) is 4.79 Å². The first-order chi connectivity index (χ1) is 11.5. The minimum Gasteiger partial charge on any atom is -0.295 e. The van der Waals surface area contributed by atoms with Crippen molar-refractivity contribution >= 4 is 22.8 Å². The van der Waals surface area contributed by atoms with Gasteiger partial charge < -0.3 is 0 Å². The second-order valence-corrected chi connectivity index (χ2v) is 7.61. The highest BCUT2D eigenvalue weighted by molar-refractivity contribution is 6.00. The van der Waals surface area contributed by atoms with Gasteiger partial charge in [-0.05, 0) is 48.6 Å². The van der Waals surface area contributed by atoms with Gasteiger partial charge in [0.2, 0.25) is 11.8 Å². The number of fused-ring (bicyclic) bond motifs is 1. The molecule has 0 radical (unpaired) electrons. The van der Waals surface area contributed by atoms with E-state index in [2.05, 4.69) is 11.4 Å². The van der Waals surface area contributed by atoms with Gasteiger partial charge >= 0.3 is 5.69 Å². The molecule has 1 aliphatic heterocycles. The highest BCUT2D eigenvalue weighted by atomic mass is 16.2. The number of carbonyl (C=O) groups is 2. The molecule has 1 atom stereocenters. The van der Waals surface area contributed by atoms with E-state index in [9.17, 15) is 14.4 Å². The van der Waals surface area contributed by atoms with E-state index >= 15 is 0 Å². The van der Waals surface area contributed by atoms with Crippen LogP contribution in [0.5, 0.6) is 0 Å². The summed E-state index contributed by atoms with van der Waals surface area (Å²) < 4.78 is 3.25. The van der Waals surface area contributed by atoms with Crippen molar-refractivity contribution in [1.82, 2.24) is 14.5 Å². The van der Waals surface area contributed by atoms with E-state index in [4.69, 9.17) is 0 Å². The van der Waals surface area contributed by atoms with Gasteiger partial charge in [-0.1, -0.05) is 12.1 Å². The van der Waals surface area contributed by atoms with Gasteiger partial charge in [-0.3, -0.25) is 24.0 Å². The summed E-state index contributed by atoms with van der Waals surface area (Å²) in [5.41, 5.74) is 3.06. The second-order valence-electron chi connectivity index (χ2n) is 7.61. The van der Waals surface area contributed by atoms with Crippen LogP contribution < -0.4 is 11.0 Å².